The first-order chi connectivity index (χ1) is 8.78. The Kier molecular flexibility index (Phi) is 5.98. The molecule has 1 N–H and O–H groups in total. The van der Waals surface area contributed by atoms with Crippen LogP contribution in [0.15, 0.2) is 10.3 Å². The molecule has 1 heterocycles. The van der Waals surface area contributed by atoms with E-state index < -0.39 is 10.0 Å². The lowest BCUT2D eigenvalue weighted by Crippen LogP contribution is -2.28. The topological polar surface area (TPSA) is 49.4 Å². The van der Waals surface area contributed by atoms with Crippen LogP contribution in [0.1, 0.15) is 30.7 Å². The number of aryl methyl sites for hydroxylation is 1. The van der Waals surface area contributed by atoms with Gasteiger partial charge in [0.05, 0.1) is 0 Å². The third kappa shape index (κ3) is 4.27. The minimum atomic E-state index is -3.33. The summed E-state index contributed by atoms with van der Waals surface area (Å²) in [4.78, 5) is 1.08. The van der Waals surface area contributed by atoms with Crippen LogP contribution in [0.3, 0.4) is 0 Å². The molecule has 1 aromatic rings. The molecule has 4 nitrogen and oxygen atoms in total. The lowest BCUT2D eigenvalue weighted by molar-refractivity contribution is 0.429. The molecule has 0 aliphatic carbocycles. The molecule has 1 rings (SSSR count). The van der Waals surface area contributed by atoms with Crippen LogP contribution in [0.25, 0.3) is 0 Å². The van der Waals surface area contributed by atoms with Gasteiger partial charge in [0.15, 0.2) is 0 Å². The summed E-state index contributed by atoms with van der Waals surface area (Å²) in [5.41, 5.74) is 1.04. The van der Waals surface area contributed by atoms with Crippen molar-refractivity contribution in [2.24, 2.45) is 5.92 Å². The molecule has 0 aromatic carbocycles. The number of thiophene rings is 1. The molecule has 0 radical (unpaired) electrons. The van der Waals surface area contributed by atoms with Gasteiger partial charge in [-0.1, -0.05) is 13.8 Å². The van der Waals surface area contributed by atoms with Crippen molar-refractivity contribution in [2.75, 3.05) is 20.6 Å². The number of sulfonamides is 1. The highest BCUT2D eigenvalue weighted by Crippen LogP contribution is 2.28. The van der Waals surface area contributed by atoms with E-state index in [0.717, 1.165) is 16.9 Å². The van der Waals surface area contributed by atoms with Gasteiger partial charge in [-0.05, 0) is 37.9 Å². The summed E-state index contributed by atoms with van der Waals surface area (Å²) in [6.45, 7) is 7.43. The second-order valence-electron chi connectivity index (χ2n) is 5.21. The second kappa shape index (κ2) is 6.83. The number of hydrogen-bond donors (Lipinski definition) is 1. The number of nitrogens with one attached hydrogen (secondary N) is 1. The average Bonchev–Trinajstić information content (AvgIpc) is 2.69. The zero-order valence-corrected chi connectivity index (χ0v) is 14.0. The van der Waals surface area contributed by atoms with Crippen LogP contribution in [0, 0.1) is 12.8 Å². The van der Waals surface area contributed by atoms with E-state index in [1.54, 1.807) is 13.1 Å². The monoisotopic (exact) mass is 304 g/mol. The summed E-state index contributed by atoms with van der Waals surface area (Å²) < 4.78 is 26.8. The van der Waals surface area contributed by atoms with Crippen LogP contribution in [-0.2, 0) is 16.6 Å². The van der Waals surface area contributed by atoms with Gasteiger partial charge < -0.3 is 5.32 Å². The molecule has 0 aliphatic rings. The molecule has 0 aliphatic heterocycles. The Bertz CT molecular complexity index is 507. The Morgan fingerprint density at radius 2 is 2.05 bits per heavy atom. The van der Waals surface area contributed by atoms with Crippen LogP contribution in [-0.4, -0.2) is 33.4 Å². The van der Waals surface area contributed by atoms with Crippen molar-refractivity contribution >= 4 is 21.4 Å². The summed E-state index contributed by atoms with van der Waals surface area (Å²) in [5.74, 6) is 0.502. The zero-order chi connectivity index (χ0) is 14.6. The molecule has 0 amide bonds. The quantitative estimate of drug-likeness (QED) is 0.842. The van der Waals surface area contributed by atoms with Crippen LogP contribution in [0.5, 0.6) is 0 Å². The van der Waals surface area contributed by atoms with Gasteiger partial charge in [0.2, 0.25) is 0 Å². The van der Waals surface area contributed by atoms with Crippen molar-refractivity contribution in [3.63, 3.8) is 0 Å². The highest BCUT2D eigenvalue weighted by atomic mass is 32.2. The van der Waals surface area contributed by atoms with Crippen molar-refractivity contribution in [2.45, 2.75) is 37.9 Å². The van der Waals surface area contributed by atoms with Crippen LogP contribution in [0.4, 0.5) is 0 Å². The predicted molar refractivity (Wildman–Crippen MR) is 81.1 cm³/mol. The molecule has 0 fully saturated rings. The van der Waals surface area contributed by atoms with E-state index in [-0.39, 0.29) is 0 Å². The van der Waals surface area contributed by atoms with Gasteiger partial charge in [-0.15, -0.1) is 11.3 Å². The largest absolute Gasteiger partial charge is 0.315 e. The van der Waals surface area contributed by atoms with Crippen LogP contribution < -0.4 is 5.32 Å². The molecule has 0 unspecified atom stereocenters. The first kappa shape index (κ1) is 16.6. The van der Waals surface area contributed by atoms with Crippen molar-refractivity contribution in [3.8, 4) is 0 Å². The lowest BCUT2D eigenvalue weighted by Gasteiger charge is -2.17. The Balaban J connectivity index is 2.90. The average molecular weight is 304 g/mol. The molecule has 19 heavy (non-hydrogen) atoms. The number of nitrogens with zero attached hydrogens (tertiary/aromatic N) is 1. The fourth-order valence-electron chi connectivity index (χ4n) is 1.67. The molecule has 0 spiro atoms. The molecule has 6 heteroatoms. The Hall–Kier alpha value is -0.430. The molecule has 1 aromatic heterocycles. The number of rotatable bonds is 7. The van der Waals surface area contributed by atoms with Gasteiger partial charge in [-0.2, -0.15) is 0 Å². The summed E-state index contributed by atoms with van der Waals surface area (Å²) in [5, 5.41) is 3.06. The van der Waals surface area contributed by atoms with E-state index >= 15 is 0 Å². The predicted octanol–water partition coefficient (Wildman–Crippen LogP) is 2.44. The van der Waals surface area contributed by atoms with Crippen LogP contribution >= 0.6 is 11.3 Å². The molecule has 110 valence electrons. The van der Waals surface area contributed by atoms with E-state index in [1.165, 1.54) is 15.6 Å². The van der Waals surface area contributed by atoms with E-state index in [9.17, 15) is 8.42 Å². The van der Waals surface area contributed by atoms with Gasteiger partial charge in [-0.3, -0.25) is 0 Å². The minimum absolute atomic E-state index is 0.446. The molecular weight excluding hydrogens is 280 g/mol. The summed E-state index contributed by atoms with van der Waals surface area (Å²) >= 11 is 1.36. The SMILES string of the molecule is CNCc1sc(S(=O)(=O)N(C)CCC(C)C)cc1C. The maximum Gasteiger partial charge on any atom is 0.252 e. The lowest BCUT2D eigenvalue weighted by atomic mass is 10.1. The van der Waals surface area contributed by atoms with Crippen molar-refractivity contribution < 1.29 is 8.42 Å². The summed E-state index contributed by atoms with van der Waals surface area (Å²) in [6, 6.07) is 1.78. The molecule has 0 atom stereocenters. The first-order valence-corrected chi connectivity index (χ1v) is 8.75. The van der Waals surface area contributed by atoms with Gasteiger partial charge >= 0.3 is 0 Å². The Morgan fingerprint density at radius 1 is 1.42 bits per heavy atom. The van der Waals surface area contributed by atoms with E-state index in [2.05, 4.69) is 19.2 Å². The standard InChI is InChI=1S/C13H24N2O2S2/c1-10(2)6-7-15(5)19(16,17)13-8-11(3)12(18-13)9-14-4/h8,10,14H,6-7,9H2,1-5H3. The fraction of sp³-hybridized carbons (Fsp3) is 0.692. The van der Waals surface area contributed by atoms with Gasteiger partial charge in [0, 0.05) is 25.0 Å². The van der Waals surface area contributed by atoms with Gasteiger partial charge in [0.25, 0.3) is 10.0 Å². The van der Waals surface area contributed by atoms with E-state index in [4.69, 9.17) is 0 Å². The Labute approximate surface area is 120 Å². The maximum absolute atomic E-state index is 12.4. The van der Waals surface area contributed by atoms with Crippen LogP contribution in [0.2, 0.25) is 0 Å². The second-order valence-corrected chi connectivity index (χ2v) is 8.62. The zero-order valence-electron chi connectivity index (χ0n) is 12.4. The van der Waals surface area contributed by atoms with E-state index in [1.807, 2.05) is 14.0 Å². The summed E-state index contributed by atoms with van der Waals surface area (Å²) in [6.07, 6.45) is 0.878. The highest BCUT2D eigenvalue weighted by molar-refractivity contribution is 7.91. The molecule has 0 bridgehead atoms. The normalized spacial score (nSPS) is 12.6. The van der Waals surface area contributed by atoms with Crippen molar-refractivity contribution in [1.82, 2.24) is 9.62 Å². The smallest absolute Gasteiger partial charge is 0.252 e. The summed E-state index contributed by atoms with van der Waals surface area (Å²) in [7, 11) is 0.190. The Morgan fingerprint density at radius 3 is 2.58 bits per heavy atom. The van der Waals surface area contributed by atoms with Crippen molar-refractivity contribution in [1.29, 1.82) is 0 Å². The van der Waals surface area contributed by atoms with E-state index in [0.29, 0.717) is 23.2 Å². The van der Waals surface area contributed by atoms with Gasteiger partial charge in [0.1, 0.15) is 4.21 Å². The third-order valence-corrected chi connectivity index (χ3v) is 6.56. The van der Waals surface area contributed by atoms with Crippen molar-refractivity contribution in [3.05, 3.63) is 16.5 Å². The number of hydrogen-bond acceptors (Lipinski definition) is 4. The first-order valence-electron chi connectivity index (χ1n) is 6.49. The highest BCUT2D eigenvalue weighted by Gasteiger charge is 2.23. The maximum atomic E-state index is 12.4. The fourth-order valence-corrected chi connectivity index (χ4v) is 4.66. The van der Waals surface area contributed by atoms with Gasteiger partial charge in [-0.25, -0.2) is 12.7 Å². The molecular formula is C13H24N2O2S2. The third-order valence-electron chi connectivity index (χ3n) is 3.02. The molecule has 0 saturated carbocycles. The molecule has 0 saturated heterocycles. The minimum Gasteiger partial charge on any atom is -0.315 e.